The largest absolute Gasteiger partial charge is 0.497 e. The molecule has 4 rings (SSSR count). The first kappa shape index (κ1) is 19.7. The molecule has 0 spiro atoms. The second kappa shape index (κ2) is 7.53. The highest BCUT2D eigenvalue weighted by molar-refractivity contribution is 9.10. The van der Waals surface area contributed by atoms with Crippen LogP contribution in [0.4, 0.5) is 5.69 Å². The number of fused-ring (bicyclic) bond motifs is 3. The van der Waals surface area contributed by atoms with Gasteiger partial charge in [-0.05, 0) is 52.0 Å². The molecular formula is C21H26Br2N2O. The van der Waals surface area contributed by atoms with Crippen LogP contribution in [0.5, 0.6) is 5.75 Å². The van der Waals surface area contributed by atoms with Crippen molar-refractivity contribution < 1.29 is 4.74 Å². The molecule has 2 aromatic carbocycles. The van der Waals surface area contributed by atoms with Crippen molar-refractivity contribution in [2.24, 2.45) is 0 Å². The van der Waals surface area contributed by atoms with E-state index in [9.17, 15) is 0 Å². The summed E-state index contributed by atoms with van der Waals surface area (Å²) in [5, 5.41) is 0. The normalized spacial score (nSPS) is 24.2. The molecule has 140 valence electrons. The van der Waals surface area contributed by atoms with Gasteiger partial charge in [-0.3, -0.25) is 4.90 Å². The van der Waals surface area contributed by atoms with Crippen LogP contribution in [0.2, 0.25) is 0 Å². The first-order valence-electron chi connectivity index (χ1n) is 8.93. The summed E-state index contributed by atoms with van der Waals surface area (Å²) >= 11 is 3.77. The third kappa shape index (κ3) is 3.08. The molecule has 0 amide bonds. The molecule has 2 aliphatic rings. The van der Waals surface area contributed by atoms with Crippen molar-refractivity contribution in [1.82, 2.24) is 4.90 Å². The number of nitrogens with zero attached hydrogens (tertiary/aromatic N) is 2. The number of hydrogen-bond donors (Lipinski definition) is 0. The highest BCUT2D eigenvalue weighted by Gasteiger charge is 2.53. The van der Waals surface area contributed by atoms with E-state index in [1.54, 1.807) is 7.11 Å². The number of benzene rings is 2. The minimum Gasteiger partial charge on any atom is -0.497 e. The van der Waals surface area contributed by atoms with Crippen molar-refractivity contribution in [3.05, 3.63) is 58.1 Å². The molecule has 5 heteroatoms. The van der Waals surface area contributed by atoms with E-state index in [1.165, 1.54) is 23.2 Å². The van der Waals surface area contributed by atoms with E-state index in [2.05, 4.69) is 82.2 Å². The highest BCUT2D eigenvalue weighted by atomic mass is 79.9. The molecule has 2 unspecified atom stereocenters. The van der Waals surface area contributed by atoms with Crippen LogP contribution < -0.4 is 9.64 Å². The predicted molar refractivity (Wildman–Crippen MR) is 117 cm³/mol. The van der Waals surface area contributed by atoms with Crippen LogP contribution in [0.3, 0.4) is 0 Å². The molecule has 1 fully saturated rings. The average Bonchev–Trinajstić information content (AvgIpc) is 3.07. The third-order valence-electron chi connectivity index (χ3n) is 5.97. The van der Waals surface area contributed by atoms with Crippen molar-refractivity contribution in [2.45, 2.75) is 31.3 Å². The molecule has 0 aliphatic carbocycles. The minimum absolute atomic E-state index is 0. The van der Waals surface area contributed by atoms with Crippen LogP contribution in [0.15, 0.2) is 46.9 Å². The number of likely N-dealkylation sites (tertiary alicyclic amines) is 1. The molecule has 2 aromatic rings. The molecule has 0 bridgehead atoms. The van der Waals surface area contributed by atoms with Crippen LogP contribution in [0.1, 0.15) is 24.5 Å². The van der Waals surface area contributed by atoms with Gasteiger partial charge in [0.15, 0.2) is 0 Å². The SMILES string of the molecule is Br.COc1cc(Br)c2c(c1)C1(C)CCN(CCc3ccccc3)C1N2C. The molecule has 2 heterocycles. The lowest BCUT2D eigenvalue weighted by molar-refractivity contribution is 0.226. The summed E-state index contributed by atoms with van der Waals surface area (Å²) in [6.45, 7) is 4.65. The maximum atomic E-state index is 5.52. The quantitative estimate of drug-likeness (QED) is 0.609. The van der Waals surface area contributed by atoms with Crippen molar-refractivity contribution in [1.29, 1.82) is 0 Å². The Labute approximate surface area is 175 Å². The smallest absolute Gasteiger partial charge is 0.120 e. The molecule has 2 atom stereocenters. The van der Waals surface area contributed by atoms with E-state index >= 15 is 0 Å². The zero-order valence-corrected chi connectivity index (χ0v) is 18.8. The Balaban J connectivity index is 0.00000196. The van der Waals surface area contributed by atoms with Gasteiger partial charge in [-0.2, -0.15) is 0 Å². The number of rotatable bonds is 4. The third-order valence-corrected chi connectivity index (χ3v) is 6.58. The monoisotopic (exact) mass is 480 g/mol. The van der Waals surface area contributed by atoms with Gasteiger partial charge in [-0.15, -0.1) is 17.0 Å². The second-order valence-electron chi connectivity index (χ2n) is 7.43. The molecule has 2 aliphatic heterocycles. The predicted octanol–water partition coefficient (Wildman–Crippen LogP) is 5.02. The number of halogens is 2. The van der Waals surface area contributed by atoms with E-state index in [0.29, 0.717) is 6.17 Å². The van der Waals surface area contributed by atoms with Gasteiger partial charge in [-0.25, -0.2) is 0 Å². The Bertz CT molecular complexity index is 783. The summed E-state index contributed by atoms with van der Waals surface area (Å²) in [6.07, 6.45) is 2.69. The van der Waals surface area contributed by atoms with Crippen LogP contribution >= 0.6 is 32.9 Å². The first-order chi connectivity index (χ1) is 12.0. The second-order valence-corrected chi connectivity index (χ2v) is 8.28. The Kier molecular flexibility index (Phi) is 5.71. The molecule has 0 saturated carbocycles. The Hall–Kier alpha value is -1.04. The van der Waals surface area contributed by atoms with Crippen LogP contribution in [0.25, 0.3) is 0 Å². The summed E-state index contributed by atoms with van der Waals surface area (Å²) in [7, 11) is 3.97. The molecule has 3 nitrogen and oxygen atoms in total. The average molecular weight is 482 g/mol. The topological polar surface area (TPSA) is 15.7 Å². The summed E-state index contributed by atoms with van der Waals surface area (Å²) in [4.78, 5) is 5.10. The maximum Gasteiger partial charge on any atom is 0.120 e. The van der Waals surface area contributed by atoms with Gasteiger partial charge in [-0.1, -0.05) is 37.3 Å². The van der Waals surface area contributed by atoms with E-state index in [0.717, 1.165) is 29.7 Å². The summed E-state index contributed by atoms with van der Waals surface area (Å²) in [5.41, 5.74) is 4.29. The minimum atomic E-state index is 0. The van der Waals surface area contributed by atoms with Crippen molar-refractivity contribution in [3.63, 3.8) is 0 Å². The molecule has 1 saturated heterocycles. The lowest BCUT2D eigenvalue weighted by atomic mass is 9.81. The lowest BCUT2D eigenvalue weighted by Crippen LogP contribution is -2.47. The van der Waals surface area contributed by atoms with Crippen molar-refractivity contribution in [3.8, 4) is 5.75 Å². The van der Waals surface area contributed by atoms with Gasteiger partial charge in [0.2, 0.25) is 0 Å². The van der Waals surface area contributed by atoms with Crippen molar-refractivity contribution >= 4 is 38.6 Å². The zero-order chi connectivity index (χ0) is 17.6. The van der Waals surface area contributed by atoms with Crippen LogP contribution in [0, 0.1) is 0 Å². The highest BCUT2D eigenvalue weighted by Crippen LogP contribution is 2.54. The number of likely N-dealkylation sites (N-methyl/N-ethyl adjacent to an activating group) is 1. The number of anilines is 1. The van der Waals surface area contributed by atoms with Gasteiger partial charge >= 0.3 is 0 Å². The van der Waals surface area contributed by atoms with Gasteiger partial charge in [0.25, 0.3) is 0 Å². The Morgan fingerprint density at radius 1 is 1.23 bits per heavy atom. The summed E-state index contributed by atoms with van der Waals surface area (Å²) in [6, 6.07) is 15.1. The fourth-order valence-electron chi connectivity index (χ4n) is 4.74. The van der Waals surface area contributed by atoms with Gasteiger partial charge in [0.1, 0.15) is 5.75 Å². The van der Waals surface area contributed by atoms with Crippen LogP contribution in [-0.4, -0.2) is 38.3 Å². The zero-order valence-electron chi connectivity index (χ0n) is 15.5. The summed E-state index contributed by atoms with van der Waals surface area (Å²) in [5.74, 6) is 0.934. The fourth-order valence-corrected chi connectivity index (χ4v) is 5.45. The Morgan fingerprint density at radius 3 is 2.65 bits per heavy atom. The number of hydrogen-bond acceptors (Lipinski definition) is 3. The molecular weight excluding hydrogens is 456 g/mol. The van der Waals surface area contributed by atoms with E-state index in [1.807, 2.05) is 0 Å². The van der Waals surface area contributed by atoms with Gasteiger partial charge in [0.05, 0.1) is 19.0 Å². The van der Waals surface area contributed by atoms with Crippen LogP contribution in [-0.2, 0) is 11.8 Å². The number of methoxy groups -OCH3 is 1. The van der Waals surface area contributed by atoms with E-state index in [-0.39, 0.29) is 22.4 Å². The lowest BCUT2D eigenvalue weighted by Gasteiger charge is -2.35. The summed E-state index contributed by atoms with van der Waals surface area (Å²) < 4.78 is 6.65. The molecule has 0 radical (unpaired) electrons. The van der Waals surface area contributed by atoms with Gasteiger partial charge < -0.3 is 9.64 Å². The first-order valence-corrected chi connectivity index (χ1v) is 9.73. The number of ether oxygens (including phenoxy) is 1. The maximum absolute atomic E-state index is 5.52. The molecule has 0 aromatic heterocycles. The van der Waals surface area contributed by atoms with E-state index < -0.39 is 0 Å². The molecule has 0 N–H and O–H groups in total. The standard InChI is InChI=1S/C21H25BrN2O.BrH/c1-21-10-12-24(11-9-15-7-5-4-6-8-15)20(21)23(2)19-17(21)13-16(25-3)14-18(19)22;/h4-8,13-14,20H,9-12H2,1-3H3;1H. The van der Waals surface area contributed by atoms with E-state index in [4.69, 9.17) is 4.74 Å². The fraction of sp³-hybridized carbons (Fsp3) is 0.429. The molecule has 26 heavy (non-hydrogen) atoms. The van der Waals surface area contributed by atoms with Gasteiger partial charge in [0, 0.05) is 30.0 Å². The van der Waals surface area contributed by atoms with Crippen molar-refractivity contribution in [2.75, 3.05) is 32.1 Å². The Morgan fingerprint density at radius 2 is 1.96 bits per heavy atom.